The molecule has 0 saturated carbocycles. The number of benzene rings is 2. The fourth-order valence-electron chi connectivity index (χ4n) is 2.20. The summed E-state index contributed by atoms with van der Waals surface area (Å²) in [6.45, 7) is 1.86. The van der Waals surface area contributed by atoms with E-state index in [1.165, 1.54) is 31.4 Å². The van der Waals surface area contributed by atoms with Crippen molar-refractivity contribution in [2.24, 2.45) is 0 Å². The lowest BCUT2D eigenvalue weighted by Gasteiger charge is -2.14. The Labute approximate surface area is 146 Å². The lowest BCUT2D eigenvalue weighted by atomic mass is 9.98. The number of ether oxygens (including phenoxy) is 1. The Balaban J connectivity index is 2.43. The van der Waals surface area contributed by atoms with Crippen LogP contribution in [0.5, 0.6) is 11.5 Å². The number of hydrogen-bond donors (Lipinski definition) is 0. The molecule has 0 aliphatic carbocycles. The highest BCUT2D eigenvalue weighted by Gasteiger charge is 2.21. The zero-order valence-corrected chi connectivity index (χ0v) is 14.8. The van der Waals surface area contributed by atoms with E-state index in [0.717, 1.165) is 6.29 Å². The lowest BCUT2D eigenvalue weighted by molar-refractivity contribution is -0.109. The average Bonchev–Trinajstić information content (AvgIpc) is 2.55. The molecule has 0 amide bonds. The van der Waals surface area contributed by atoms with Gasteiger partial charge in [-0.15, -0.1) is 0 Å². The summed E-state index contributed by atoms with van der Waals surface area (Å²) in [5.74, 6) is 0.0900. The van der Waals surface area contributed by atoms with E-state index in [4.69, 9.17) is 20.5 Å². The molecule has 0 fully saturated rings. The number of rotatable bonds is 7. The van der Waals surface area contributed by atoms with Gasteiger partial charge in [-0.05, 0) is 36.2 Å². The summed E-state index contributed by atoms with van der Waals surface area (Å²) in [4.78, 5) is 11.1. The van der Waals surface area contributed by atoms with E-state index in [1.807, 2.05) is 6.92 Å². The van der Waals surface area contributed by atoms with Gasteiger partial charge in [-0.2, -0.15) is 8.42 Å². The molecule has 0 aliphatic heterocycles. The van der Waals surface area contributed by atoms with Crippen molar-refractivity contribution in [2.45, 2.75) is 24.2 Å². The first-order valence-corrected chi connectivity index (χ1v) is 9.03. The fraction of sp³-hybridized carbons (Fsp3) is 0.235. The molecule has 0 heterocycles. The van der Waals surface area contributed by atoms with Crippen LogP contribution in [0, 0.1) is 0 Å². The lowest BCUT2D eigenvalue weighted by Crippen LogP contribution is -2.11. The van der Waals surface area contributed by atoms with Gasteiger partial charge < -0.3 is 13.7 Å². The Kier molecular flexibility index (Phi) is 5.85. The zero-order valence-electron chi connectivity index (χ0n) is 13.2. The predicted octanol–water partition coefficient (Wildman–Crippen LogP) is 3.81. The van der Waals surface area contributed by atoms with Crippen LogP contribution in [-0.2, 0) is 14.9 Å². The van der Waals surface area contributed by atoms with Crippen molar-refractivity contribution in [1.82, 2.24) is 0 Å². The van der Waals surface area contributed by atoms with Gasteiger partial charge in [0.05, 0.1) is 12.1 Å². The smallest absolute Gasteiger partial charge is 0.340 e. The number of aldehydes is 1. The Hall–Kier alpha value is -2.05. The Morgan fingerprint density at radius 1 is 1.17 bits per heavy atom. The van der Waals surface area contributed by atoms with Crippen LogP contribution >= 0.6 is 11.6 Å². The van der Waals surface area contributed by atoms with Crippen molar-refractivity contribution >= 4 is 28.0 Å². The van der Waals surface area contributed by atoms with Crippen LogP contribution in [0.25, 0.3) is 0 Å². The summed E-state index contributed by atoms with van der Waals surface area (Å²) in [5.41, 5.74) is 0.621. The monoisotopic (exact) mass is 368 g/mol. The predicted molar refractivity (Wildman–Crippen MR) is 91.4 cm³/mol. The molecule has 0 radical (unpaired) electrons. The Bertz CT molecular complexity index is 833. The molecular formula is C17H17ClO5S. The second-order valence-electron chi connectivity index (χ2n) is 5.06. The van der Waals surface area contributed by atoms with Crippen LogP contribution in [0.4, 0.5) is 0 Å². The van der Waals surface area contributed by atoms with E-state index in [-0.39, 0.29) is 21.6 Å². The van der Waals surface area contributed by atoms with E-state index in [2.05, 4.69) is 0 Å². The number of methoxy groups -OCH3 is 1. The third-order valence-electron chi connectivity index (χ3n) is 3.48. The molecular weight excluding hydrogens is 352 g/mol. The quantitative estimate of drug-likeness (QED) is 0.549. The molecule has 2 aromatic carbocycles. The topological polar surface area (TPSA) is 69.7 Å². The minimum atomic E-state index is -4.10. The van der Waals surface area contributed by atoms with Crippen LogP contribution in [0.2, 0.25) is 5.02 Å². The van der Waals surface area contributed by atoms with Crippen molar-refractivity contribution in [1.29, 1.82) is 0 Å². The first kappa shape index (κ1) is 18.3. The van der Waals surface area contributed by atoms with Gasteiger partial charge in [-0.3, -0.25) is 0 Å². The zero-order chi connectivity index (χ0) is 17.7. The molecule has 128 valence electrons. The number of carbonyl (C=O) groups excluding carboxylic acids is 1. The number of halogens is 1. The van der Waals surface area contributed by atoms with Crippen molar-refractivity contribution in [3.05, 3.63) is 53.1 Å². The molecule has 2 aromatic rings. The first-order valence-electron chi connectivity index (χ1n) is 7.24. The largest absolute Gasteiger partial charge is 0.497 e. The van der Waals surface area contributed by atoms with Crippen LogP contribution in [0.3, 0.4) is 0 Å². The molecule has 0 N–H and O–H groups in total. The van der Waals surface area contributed by atoms with E-state index >= 15 is 0 Å². The first-order chi connectivity index (χ1) is 11.4. The fourth-order valence-corrected chi connectivity index (χ4v) is 3.61. The third kappa shape index (κ3) is 4.07. The number of hydrogen-bond acceptors (Lipinski definition) is 5. The summed E-state index contributed by atoms with van der Waals surface area (Å²) in [7, 11) is -2.65. The third-order valence-corrected chi connectivity index (χ3v) is 5.23. The highest BCUT2D eigenvalue weighted by Crippen LogP contribution is 2.31. The molecule has 0 aliphatic rings. The van der Waals surface area contributed by atoms with E-state index < -0.39 is 10.1 Å². The normalized spacial score (nSPS) is 12.5. The second kappa shape index (κ2) is 7.68. The van der Waals surface area contributed by atoms with Crippen LogP contribution in [0.15, 0.2) is 47.4 Å². The molecule has 1 unspecified atom stereocenters. The van der Waals surface area contributed by atoms with Crippen molar-refractivity contribution in [3.63, 3.8) is 0 Å². The van der Waals surface area contributed by atoms with Crippen molar-refractivity contribution in [3.8, 4) is 11.5 Å². The summed E-state index contributed by atoms with van der Waals surface area (Å²) >= 11 is 5.93. The molecule has 0 spiro atoms. The minimum absolute atomic E-state index is 0.0598. The molecule has 7 heteroatoms. The summed E-state index contributed by atoms with van der Waals surface area (Å²) in [6.07, 6.45) is 1.38. The highest BCUT2D eigenvalue weighted by molar-refractivity contribution is 7.87. The standard InChI is InChI=1S/C17H17ClO5S/c1-3-12(11-19)13-8-14(22-2)10-15(9-13)23-24(20,21)17-7-5-4-6-16(17)18/h4-12H,3H2,1-2H3. The Morgan fingerprint density at radius 2 is 1.83 bits per heavy atom. The number of carbonyl (C=O) groups is 1. The maximum atomic E-state index is 12.4. The van der Waals surface area contributed by atoms with Gasteiger partial charge in [0.25, 0.3) is 0 Å². The maximum Gasteiger partial charge on any atom is 0.340 e. The molecule has 2 rings (SSSR count). The van der Waals surface area contributed by atoms with Gasteiger partial charge in [0, 0.05) is 12.0 Å². The SMILES string of the molecule is CCC(C=O)c1cc(OC)cc(OS(=O)(=O)c2ccccc2Cl)c1. The maximum absolute atomic E-state index is 12.4. The molecule has 0 saturated heterocycles. The van der Waals surface area contributed by atoms with Crippen molar-refractivity contribution in [2.75, 3.05) is 7.11 Å². The molecule has 0 bridgehead atoms. The molecule has 1 atom stereocenters. The van der Waals surface area contributed by atoms with E-state index in [1.54, 1.807) is 18.2 Å². The second-order valence-corrected chi connectivity index (χ2v) is 6.98. The van der Waals surface area contributed by atoms with Gasteiger partial charge in [-0.1, -0.05) is 30.7 Å². The molecule has 0 aromatic heterocycles. The summed E-state index contributed by atoms with van der Waals surface area (Å²) in [5, 5.41) is 0.0694. The summed E-state index contributed by atoms with van der Waals surface area (Å²) < 4.78 is 35.2. The van der Waals surface area contributed by atoms with E-state index in [9.17, 15) is 13.2 Å². The van der Waals surface area contributed by atoms with Gasteiger partial charge in [0.15, 0.2) is 0 Å². The van der Waals surface area contributed by atoms with E-state index in [0.29, 0.717) is 17.7 Å². The van der Waals surface area contributed by atoms with Crippen LogP contribution in [0.1, 0.15) is 24.8 Å². The van der Waals surface area contributed by atoms with Crippen molar-refractivity contribution < 1.29 is 22.1 Å². The Morgan fingerprint density at radius 3 is 2.42 bits per heavy atom. The minimum Gasteiger partial charge on any atom is -0.497 e. The van der Waals surface area contributed by atoms with Gasteiger partial charge in [0.1, 0.15) is 22.7 Å². The molecule has 5 nitrogen and oxygen atoms in total. The van der Waals surface area contributed by atoms with Gasteiger partial charge in [0.2, 0.25) is 0 Å². The van der Waals surface area contributed by atoms with Gasteiger partial charge in [-0.25, -0.2) is 0 Å². The van der Waals surface area contributed by atoms with Crippen LogP contribution < -0.4 is 8.92 Å². The average molecular weight is 369 g/mol. The molecule has 24 heavy (non-hydrogen) atoms. The summed E-state index contributed by atoms with van der Waals surface area (Å²) in [6, 6.07) is 10.6. The van der Waals surface area contributed by atoms with Crippen LogP contribution in [-0.4, -0.2) is 21.8 Å². The highest BCUT2D eigenvalue weighted by atomic mass is 35.5. The van der Waals surface area contributed by atoms with Gasteiger partial charge >= 0.3 is 10.1 Å².